The van der Waals surface area contributed by atoms with Crippen LogP contribution in [0.1, 0.15) is 5.69 Å². The van der Waals surface area contributed by atoms with Crippen LogP contribution in [0.15, 0.2) is 31.0 Å². The molecule has 0 N–H and O–H groups in total. The second-order valence-corrected chi connectivity index (χ2v) is 6.57. The van der Waals surface area contributed by atoms with Crippen molar-refractivity contribution in [3.8, 4) is 6.01 Å². The highest BCUT2D eigenvalue weighted by molar-refractivity contribution is 5.69. The third-order valence-electron chi connectivity index (χ3n) is 4.30. The molecular weight excluding hydrogens is 453 g/mol. The summed E-state index contributed by atoms with van der Waals surface area (Å²) in [6.45, 7) is 3.64. The Kier molecular flexibility index (Phi) is 8.37. The van der Waals surface area contributed by atoms with Crippen molar-refractivity contribution in [2.45, 2.75) is 6.18 Å². The van der Waals surface area contributed by atoms with Crippen LogP contribution in [0.5, 0.6) is 6.01 Å². The minimum absolute atomic E-state index is 0.317. The molecule has 0 unspecified atom stereocenters. The number of carbonyl (C=O) groups excluding carboxylic acids is 2. The molecule has 180 valence electrons. The summed E-state index contributed by atoms with van der Waals surface area (Å²) >= 11 is 0. The Labute approximate surface area is 185 Å². The van der Waals surface area contributed by atoms with Gasteiger partial charge >= 0.3 is 24.4 Å². The van der Waals surface area contributed by atoms with E-state index in [1.807, 2.05) is 0 Å². The van der Waals surface area contributed by atoms with Crippen LogP contribution in [0.2, 0.25) is 0 Å². The fourth-order valence-electron chi connectivity index (χ4n) is 2.63. The summed E-state index contributed by atoms with van der Waals surface area (Å²) in [5.74, 6) is 0. The van der Waals surface area contributed by atoms with Crippen LogP contribution in [0.25, 0.3) is 0 Å². The van der Waals surface area contributed by atoms with Gasteiger partial charge in [-0.05, 0) is 6.07 Å². The highest BCUT2D eigenvalue weighted by atomic mass is 19.4. The van der Waals surface area contributed by atoms with E-state index >= 15 is 0 Å². The Bertz CT molecular complexity index is 901. The number of rotatable bonds is 2. The highest BCUT2D eigenvalue weighted by Gasteiger charge is 2.33. The first-order chi connectivity index (χ1) is 15.8. The maximum Gasteiger partial charge on any atom is 0.434 e. The van der Waals surface area contributed by atoms with Crippen molar-refractivity contribution >= 4 is 12.2 Å². The number of halogens is 3. The van der Waals surface area contributed by atoms with Crippen LogP contribution in [0, 0.1) is 0 Å². The van der Waals surface area contributed by atoms with Gasteiger partial charge in [-0.1, -0.05) is 0 Å². The second kappa shape index (κ2) is 11.4. The molecule has 4 rings (SSSR count). The molecule has 0 aromatic carbocycles. The molecule has 2 aromatic heterocycles. The number of amides is 2. The van der Waals surface area contributed by atoms with Crippen molar-refractivity contribution in [2.24, 2.45) is 0 Å². The van der Waals surface area contributed by atoms with Gasteiger partial charge in [0, 0.05) is 38.6 Å². The maximum atomic E-state index is 12.4. The Hall–Kier alpha value is -3.46. The first kappa shape index (κ1) is 24.2. The first-order valence-electron chi connectivity index (χ1n) is 9.80. The van der Waals surface area contributed by atoms with Gasteiger partial charge in [0.15, 0.2) is 5.69 Å². The fraction of sp³-hybridized carbons (Fsp3) is 0.500. The van der Waals surface area contributed by atoms with Gasteiger partial charge in [-0.3, -0.25) is 0 Å². The molecule has 2 amide bonds. The average Bonchev–Trinajstić information content (AvgIpc) is 3.33. The number of alkyl halides is 3. The van der Waals surface area contributed by atoms with E-state index < -0.39 is 24.0 Å². The van der Waals surface area contributed by atoms with Gasteiger partial charge in [-0.25, -0.2) is 19.6 Å². The molecule has 0 aliphatic carbocycles. The number of ether oxygens (including phenoxy) is 3. The van der Waals surface area contributed by atoms with Crippen LogP contribution in [0.3, 0.4) is 0 Å². The minimum atomic E-state index is -4.61. The summed E-state index contributed by atoms with van der Waals surface area (Å²) < 4.78 is 53.3. The van der Waals surface area contributed by atoms with Crippen LogP contribution >= 0.6 is 0 Å². The summed E-state index contributed by atoms with van der Waals surface area (Å²) in [5, 5.41) is 0. The lowest BCUT2D eigenvalue weighted by atomic mass is 10.4. The summed E-state index contributed by atoms with van der Waals surface area (Å²) in [4.78, 5) is 41.4. The van der Waals surface area contributed by atoms with Crippen molar-refractivity contribution in [2.75, 3.05) is 52.6 Å². The molecule has 15 heteroatoms. The van der Waals surface area contributed by atoms with Crippen LogP contribution in [0.4, 0.5) is 22.8 Å². The van der Waals surface area contributed by atoms with Crippen molar-refractivity contribution in [1.82, 2.24) is 29.5 Å². The van der Waals surface area contributed by atoms with Crippen molar-refractivity contribution in [1.29, 1.82) is 0 Å². The molecule has 2 aliphatic heterocycles. The van der Waals surface area contributed by atoms with E-state index in [1.165, 1.54) is 16.0 Å². The number of hydrogen-bond donors (Lipinski definition) is 0. The molecule has 2 saturated heterocycles. The molecule has 0 radical (unpaired) electrons. The lowest BCUT2D eigenvalue weighted by Gasteiger charge is -2.25. The molecule has 2 aliphatic rings. The fourth-order valence-corrected chi connectivity index (χ4v) is 2.63. The molecule has 0 bridgehead atoms. The Morgan fingerprint density at radius 2 is 1.55 bits per heavy atom. The van der Waals surface area contributed by atoms with Crippen molar-refractivity contribution in [3.63, 3.8) is 0 Å². The second-order valence-electron chi connectivity index (χ2n) is 6.57. The first-order valence-corrected chi connectivity index (χ1v) is 9.80. The lowest BCUT2D eigenvalue weighted by molar-refractivity contribution is -0.141. The zero-order chi connectivity index (χ0) is 23.7. The minimum Gasteiger partial charge on any atom is -0.378 e. The number of hydrogen-bond acceptors (Lipinski definition) is 9. The van der Waals surface area contributed by atoms with Gasteiger partial charge in [0.25, 0.3) is 0 Å². The molecule has 0 saturated carbocycles. The van der Waals surface area contributed by atoms with E-state index in [4.69, 9.17) is 19.0 Å². The number of carbonyl (C=O) groups is 2. The SMILES string of the molecule is O=C(Oc1nccc(C(F)(F)F)n1)N1CCOCC1.O=C(On1ccnc1)N1CCOCC1. The third kappa shape index (κ3) is 7.57. The number of nitrogens with zero attached hydrogens (tertiary/aromatic N) is 6. The van der Waals surface area contributed by atoms with E-state index in [0.717, 1.165) is 6.20 Å². The normalized spacial score (nSPS) is 16.5. The summed E-state index contributed by atoms with van der Waals surface area (Å²) in [5.41, 5.74) is -1.16. The van der Waals surface area contributed by atoms with Crippen LogP contribution in [-0.4, -0.2) is 94.3 Å². The third-order valence-corrected chi connectivity index (χ3v) is 4.30. The quantitative estimate of drug-likeness (QED) is 0.630. The molecule has 2 aromatic rings. The Morgan fingerprint density at radius 1 is 0.939 bits per heavy atom. The van der Waals surface area contributed by atoms with E-state index in [0.29, 0.717) is 58.7 Å². The number of aromatic nitrogens is 4. The van der Waals surface area contributed by atoms with Gasteiger partial charge in [-0.15, -0.1) is 0 Å². The molecule has 4 heterocycles. The molecule has 12 nitrogen and oxygen atoms in total. The monoisotopic (exact) mass is 474 g/mol. The molecule has 0 atom stereocenters. The summed E-state index contributed by atoms with van der Waals surface area (Å²) in [7, 11) is 0. The van der Waals surface area contributed by atoms with Gasteiger partial charge < -0.3 is 28.8 Å². The predicted molar refractivity (Wildman–Crippen MR) is 102 cm³/mol. The van der Waals surface area contributed by atoms with Gasteiger partial charge in [0.1, 0.15) is 6.33 Å². The average molecular weight is 474 g/mol. The lowest BCUT2D eigenvalue weighted by Crippen LogP contribution is -2.43. The molecular formula is C18H21F3N6O6. The van der Waals surface area contributed by atoms with Crippen LogP contribution < -0.4 is 9.57 Å². The van der Waals surface area contributed by atoms with Crippen molar-refractivity contribution in [3.05, 3.63) is 36.7 Å². The Balaban J connectivity index is 0.000000194. The smallest absolute Gasteiger partial charge is 0.378 e. The molecule has 0 spiro atoms. The summed E-state index contributed by atoms with van der Waals surface area (Å²) in [6, 6.07) is 0.0813. The molecule has 33 heavy (non-hydrogen) atoms. The largest absolute Gasteiger partial charge is 0.434 e. The highest BCUT2D eigenvalue weighted by Crippen LogP contribution is 2.27. The van der Waals surface area contributed by atoms with E-state index in [1.54, 1.807) is 17.3 Å². The molecule has 2 fully saturated rings. The van der Waals surface area contributed by atoms with Gasteiger partial charge in [0.05, 0.1) is 32.6 Å². The standard InChI is InChI=1S/C10H10F3N3O3.C8H11N3O3/c11-10(12,13)7-1-2-14-8(15-7)19-9(17)16-3-5-18-6-4-16;12-8(10-3-5-13-6-4-10)14-11-2-1-9-7-11/h1-2H,3-6H2;1-2,7H,3-6H2. The van der Waals surface area contributed by atoms with Gasteiger partial charge in [0.2, 0.25) is 0 Å². The number of imidazole rings is 1. The van der Waals surface area contributed by atoms with E-state index in [2.05, 4.69) is 15.0 Å². The predicted octanol–water partition coefficient (Wildman–Crippen LogP) is 1.09. The Morgan fingerprint density at radius 3 is 2.09 bits per heavy atom. The maximum absolute atomic E-state index is 12.4. The topological polar surface area (TPSA) is 121 Å². The zero-order valence-electron chi connectivity index (χ0n) is 17.3. The van der Waals surface area contributed by atoms with E-state index in [-0.39, 0.29) is 6.09 Å². The van der Waals surface area contributed by atoms with Crippen molar-refractivity contribution < 1.29 is 41.8 Å². The van der Waals surface area contributed by atoms with Crippen LogP contribution in [-0.2, 0) is 15.7 Å². The summed E-state index contributed by atoms with van der Waals surface area (Å²) in [6.07, 6.45) is -0.335. The zero-order valence-corrected chi connectivity index (χ0v) is 17.3. The number of morpholine rings is 2. The van der Waals surface area contributed by atoms with E-state index in [9.17, 15) is 22.8 Å². The van der Waals surface area contributed by atoms with Gasteiger partial charge in [-0.2, -0.15) is 22.9 Å².